The van der Waals surface area contributed by atoms with E-state index in [0.29, 0.717) is 0 Å². The van der Waals surface area contributed by atoms with Gasteiger partial charge in [-0.2, -0.15) is 0 Å². The van der Waals surface area contributed by atoms with Gasteiger partial charge in [0.1, 0.15) is 0 Å². The van der Waals surface area contributed by atoms with Crippen LogP contribution < -0.4 is 0 Å². The summed E-state index contributed by atoms with van der Waals surface area (Å²) in [6.45, 7) is 12.4. The minimum absolute atomic E-state index is 0.0247. The van der Waals surface area contributed by atoms with Gasteiger partial charge >= 0.3 is 0 Å². The van der Waals surface area contributed by atoms with Crippen molar-refractivity contribution in [3.63, 3.8) is 0 Å². The van der Waals surface area contributed by atoms with Crippen LogP contribution >= 0.6 is 0 Å². The number of hydrogen-bond donors (Lipinski definition) is 1. The van der Waals surface area contributed by atoms with Gasteiger partial charge in [-0.25, -0.2) is 0 Å². The predicted molar refractivity (Wildman–Crippen MR) is 102 cm³/mol. The van der Waals surface area contributed by atoms with Crippen molar-refractivity contribution < 1.29 is 14.3 Å². The zero-order valence-electron chi connectivity index (χ0n) is 16.1. The Morgan fingerprint density at radius 1 is 1.08 bits per heavy atom. The van der Waals surface area contributed by atoms with Crippen LogP contribution in [-0.4, -0.2) is 31.1 Å². The molecule has 2 rings (SSSR count). The molecular formula is C20H34O3Si. The Bertz CT molecular complexity index is 519. The molecule has 1 fully saturated rings. The van der Waals surface area contributed by atoms with Crippen LogP contribution in [0.2, 0.25) is 18.1 Å². The van der Waals surface area contributed by atoms with Gasteiger partial charge in [-0.1, -0.05) is 50.6 Å². The summed E-state index contributed by atoms with van der Waals surface area (Å²) >= 11 is 0. The van der Waals surface area contributed by atoms with Gasteiger partial charge in [0, 0.05) is 6.42 Å². The van der Waals surface area contributed by atoms with Gasteiger partial charge in [-0.05, 0) is 50.4 Å². The molecule has 0 aromatic heterocycles. The van der Waals surface area contributed by atoms with Crippen LogP contribution in [0.15, 0.2) is 30.3 Å². The normalized spacial score (nSPS) is 24.3. The summed E-state index contributed by atoms with van der Waals surface area (Å²) in [5, 5.41) is 0.0247. The topological polar surface area (TPSA) is 38.7 Å². The van der Waals surface area contributed by atoms with Gasteiger partial charge in [0.05, 0.1) is 12.2 Å². The van der Waals surface area contributed by atoms with Crippen molar-refractivity contribution in [1.29, 1.82) is 0 Å². The maximum absolute atomic E-state index is 10.5. The van der Waals surface area contributed by atoms with Gasteiger partial charge in [0.15, 0.2) is 14.1 Å². The number of rotatable bonds is 7. The zero-order chi connectivity index (χ0) is 18.0. The first-order chi connectivity index (χ1) is 11.0. The molecule has 0 radical (unpaired) electrons. The molecule has 1 saturated heterocycles. The molecular weight excluding hydrogens is 316 g/mol. The number of benzene rings is 1. The quantitative estimate of drug-likeness (QED) is 0.711. The largest absolute Gasteiger partial charge is 0.432 e. The summed E-state index contributed by atoms with van der Waals surface area (Å²) in [6.07, 6.45) is 4.18. The average molecular weight is 351 g/mol. The molecule has 2 atom stereocenters. The Hall–Kier alpha value is -0.683. The van der Waals surface area contributed by atoms with Crippen molar-refractivity contribution in [1.82, 2.24) is 0 Å². The number of ether oxygens (including phenoxy) is 2. The van der Waals surface area contributed by atoms with Gasteiger partial charge in [0.2, 0.25) is 0 Å². The van der Waals surface area contributed by atoms with Crippen LogP contribution in [0, 0.1) is 0 Å². The Labute approximate surface area is 148 Å². The summed E-state index contributed by atoms with van der Waals surface area (Å²) in [5.74, 6) is -0.509. The highest BCUT2D eigenvalue weighted by molar-refractivity contribution is 6.72. The van der Waals surface area contributed by atoms with Gasteiger partial charge in [-0.15, -0.1) is 0 Å². The molecule has 0 aliphatic carbocycles. The second kappa shape index (κ2) is 7.28. The third-order valence-electron chi connectivity index (χ3n) is 5.51. The van der Waals surface area contributed by atoms with Crippen LogP contribution in [0.1, 0.15) is 52.5 Å². The maximum Gasteiger partial charge on any atom is 0.188 e. The van der Waals surface area contributed by atoms with Crippen molar-refractivity contribution in [2.45, 2.75) is 89.5 Å². The van der Waals surface area contributed by atoms with E-state index in [1.54, 1.807) is 0 Å². The first-order valence-corrected chi connectivity index (χ1v) is 12.1. The first-order valence-electron chi connectivity index (χ1n) is 9.12. The highest BCUT2D eigenvalue weighted by Gasteiger charge is 2.42. The second-order valence-corrected chi connectivity index (χ2v) is 13.2. The van der Waals surface area contributed by atoms with E-state index in [4.69, 9.17) is 9.47 Å². The molecule has 136 valence electrons. The molecule has 1 aliphatic heterocycles. The van der Waals surface area contributed by atoms with Crippen molar-refractivity contribution in [2.75, 3.05) is 0 Å². The van der Waals surface area contributed by atoms with E-state index in [0.717, 1.165) is 25.7 Å². The van der Waals surface area contributed by atoms with Crippen molar-refractivity contribution in [3.8, 4) is 0 Å². The second-order valence-electron chi connectivity index (χ2n) is 8.74. The van der Waals surface area contributed by atoms with Crippen molar-refractivity contribution in [2.24, 2.45) is 0 Å². The smallest absolute Gasteiger partial charge is 0.188 e. The summed E-state index contributed by atoms with van der Waals surface area (Å²) in [7, 11) is -2.14. The molecule has 0 saturated carbocycles. The fourth-order valence-electron chi connectivity index (χ4n) is 3.22. The fraction of sp³-hybridized carbons (Fsp3) is 0.700. The van der Waals surface area contributed by atoms with E-state index in [1.165, 1.54) is 5.56 Å². The summed E-state index contributed by atoms with van der Waals surface area (Å²) in [6, 6.07) is 10.5. The third kappa shape index (κ3) is 5.15. The minimum atomic E-state index is -2.14. The highest BCUT2D eigenvalue weighted by atomic mass is 28.4. The molecule has 4 heteroatoms. The van der Waals surface area contributed by atoms with E-state index in [9.17, 15) is 4.80 Å². The van der Waals surface area contributed by atoms with Gasteiger partial charge in [0.25, 0.3) is 0 Å². The zero-order valence-corrected chi connectivity index (χ0v) is 17.1. The lowest BCUT2D eigenvalue weighted by Gasteiger charge is -2.35. The fourth-order valence-corrected chi connectivity index (χ4v) is 4.01. The third-order valence-corrected chi connectivity index (χ3v) is 9.07. The summed E-state index contributed by atoms with van der Waals surface area (Å²) in [4.78, 5) is 10.5. The molecule has 0 amide bonds. The molecule has 0 spiro atoms. The van der Waals surface area contributed by atoms with E-state index in [1.807, 2.05) is 33.0 Å². The Balaban J connectivity index is 1.94. The van der Waals surface area contributed by atoms with Crippen LogP contribution in [0.3, 0.4) is 0 Å². The lowest BCUT2D eigenvalue weighted by Crippen LogP contribution is -2.39. The first kappa shape index (κ1) is 19.6. The van der Waals surface area contributed by atoms with Crippen LogP contribution in [0.4, 0.5) is 0 Å². The molecule has 3 nitrogen and oxygen atoms in total. The maximum atomic E-state index is 10.5. The predicted octanol–water partition coefficient (Wildman–Crippen LogP) is 4.90. The Morgan fingerprint density at radius 3 is 2.25 bits per heavy atom. The molecule has 1 aliphatic rings. The lowest BCUT2D eigenvalue weighted by atomic mass is 9.97. The SMILES string of the molecule is CC1(C)O[C@@H](CCCC(C)(C)[Si](C)(C)O)[C@H](Cc2ccccc2)O1. The van der Waals surface area contributed by atoms with Crippen LogP contribution in [0.25, 0.3) is 0 Å². The van der Waals surface area contributed by atoms with Gasteiger partial charge in [-0.3, -0.25) is 0 Å². The molecule has 0 unspecified atom stereocenters. The molecule has 1 aromatic rings. The summed E-state index contributed by atoms with van der Waals surface area (Å²) in [5.41, 5.74) is 1.29. The standard InChI is InChI=1S/C20H34O3Si/c1-19(2,24(5,6)21)14-10-13-17-18(23-20(3,4)22-17)15-16-11-8-7-9-12-16/h7-9,11-12,17-18,21H,10,13-15H2,1-6H3/t17-,18-/m0/s1. The molecule has 0 bridgehead atoms. The van der Waals surface area contributed by atoms with Crippen molar-refractivity contribution in [3.05, 3.63) is 35.9 Å². The van der Waals surface area contributed by atoms with Crippen LogP contribution in [-0.2, 0) is 15.9 Å². The molecule has 1 heterocycles. The Kier molecular flexibility index (Phi) is 5.96. The minimum Gasteiger partial charge on any atom is -0.432 e. The van der Waals surface area contributed by atoms with Crippen molar-refractivity contribution >= 4 is 8.32 Å². The molecule has 24 heavy (non-hydrogen) atoms. The van der Waals surface area contributed by atoms with Crippen LogP contribution in [0.5, 0.6) is 0 Å². The van der Waals surface area contributed by atoms with Gasteiger partial charge < -0.3 is 14.3 Å². The highest BCUT2D eigenvalue weighted by Crippen LogP contribution is 2.41. The lowest BCUT2D eigenvalue weighted by molar-refractivity contribution is -0.146. The molecule has 1 N–H and O–H groups in total. The Morgan fingerprint density at radius 2 is 1.67 bits per heavy atom. The van der Waals surface area contributed by atoms with E-state index in [-0.39, 0.29) is 17.2 Å². The molecule has 1 aromatic carbocycles. The summed E-state index contributed by atoms with van der Waals surface area (Å²) < 4.78 is 12.3. The van der Waals surface area contributed by atoms with E-state index >= 15 is 0 Å². The number of hydrogen-bond acceptors (Lipinski definition) is 3. The monoisotopic (exact) mass is 350 g/mol. The van der Waals surface area contributed by atoms with E-state index < -0.39 is 14.1 Å². The average Bonchev–Trinajstić information content (AvgIpc) is 2.72. The van der Waals surface area contributed by atoms with E-state index in [2.05, 4.69) is 38.1 Å².